The molecule has 0 aliphatic rings. The lowest BCUT2D eigenvalue weighted by atomic mass is 9.94. The van der Waals surface area contributed by atoms with Gasteiger partial charge in [-0.05, 0) is 30.5 Å². The van der Waals surface area contributed by atoms with Crippen LogP contribution in [0.4, 0.5) is 0 Å². The van der Waals surface area contributed by atoms with Crippen molar-refractivity contribution in [2.45, 2.75) is 18.8 Å². The van der Waals surface area contributed by atoms with E-state index in [4.69, 9.17) is 9.44 Å². The molecule has 0 aliphatic heterocycles. The average molecular weight is 361 g/mol. The summed E-state index contributed by atoms with van der Waals surface area (Å²) in [6.07, 6.45) is 2.79. The second kappa shape index (κ2) is 8.40. The van der Waals surface area contributed by atoms with Gasteiger partial charge in [-0.2, -0.15) is 22.1 Å². The minimum atomic E-state index is -3.59. The molecular formula is C14H19NO6S2. The number of hydrogen-bond acceptors (Lipinski definition) is 7. The highest BCUT2D eigenvalue weighted by molar-refractivity contribution is 7.86. The van der Waals surface area contributed by atoms with Gasteiger partial charge in [0.25, 0.3) is 20.2 Å². The molecule has 1 rings (SSSR count). The number of hydrogen-bond donors (Lipinski definition) is 0. The van der Waals surface area contributed by atoms with E-state index in [0.717, 1.165) is 18.1 Å². The third-order valence-electron chi connectivity index (χ3n) is 2.96. The Morgan fingerprint density at radius 3 is 2.35 bits per heavy atom. The van der Waals surface area contributed by atoms with Gasteiger partial charge in [-0.25, -0.2) is 0 Å². The fourth-order valence-corrected chi connectivity index (χ4v) is 2.79. The van der Waals surface area contributed by atoms with E-state index < -0.39 is 20.2 Å². The molecule has 1 unspecified atom stereocenters. The molecule has 0 aromatic heterocycles. The lowest BCUT2D eigenvalue weighted by Crippen LogP contribution is -2.14. The van der Waals surface area contributed by atoms with Gasteiger partial charge in [0.2, 0.25) is 0 Å². The van der Waals surface area contributed by atoms with Gasteiger partial charge in [0.05, 0.1) is 37.4 Å². The molecule has 0 bridgehead atoms. The lowest BCUT2D eigenvalue weighted by molar-refractivity contribution is 0.267. The third kappa shape index (κ3) is 8.66. The third-order valence-corrected chi connectivity index (χ3v) is 4.12. The van der Waals surface area contributed by atoms with Crippen molar-refractivity contribution >= 4 is 20.2 Å². The molecule has 0 radical (unpaired) electrons. The summed E-state index contributed by atoms with van der Waals surface area (Å²) in [4.78, 5) is 0. The number of nitrogens with zero attached hydrogens (tertiary/aromatic N) is 1. The Kier molecular flexibility index (Phi) is 7.15. The van der Waals surface area contributed by atoms with Gasteiger partial charge in [0.1, 0.15) is 0 Å². The quantitative estimate of drug-likeness (QED) is 0.482. The molecule has 0 N–H and O–H groups in total. The van der Waals surface area contributed by atoms with Crippen molar-refractivity contribution in [1.82, 2.24) is 0 Å². The largest absolute Gasteiger partial charge is 0.270 e. The van der Waals surface area contributed by atoms with Crippen LogP contribution >= 0.6 is 0 Å². The van der Waals surface area contributed by atoms with Crippen LogP contribution in [0.5, 0.6) is 0 Å². The monoisotopic (exact) mass is 361 g/mol. The highest BCUT2D eigenvalue weighted by atomic mass is 32.2. The van der Waals surface area contributed by atoms with E-state index in [1.165, 1.54) is 0 Å². The standard InChI is InChI=1S/C14H19NO6S2/c1-22(16,17)20-8-4-7-14(11-21-23(2,18)19)13-6-3-5-12(9-13)10-15/h3,5-6,9,14H,4,7-8,11H2,1-2H3. The van der Waals surface area contributed by atoms with Gasteiger partial charge in [-0.15, -0.1) is 0 Å². The van der Waals surface area contributed by atoms with Crippen LogP contribution in [0.2, 0.25) is 0 Å². The van der Waals surface area contributed by atoms with Crippen molar-refractivity contribution in [3.63, 3.8) is 0 Å². The summed E-state index contributed by atoms with van der Waals surface area (Å²) in [5.41, 5.74) is 1.21. The number of rotatable bonds is 9. The van der Waals surface area contributed by atoms with Crippen molar-refractivity contribution in [3.8, 4) is 6.07 Å². The maximum atomic E-state index is 11.2. The van der Waals surface area contributed by atoms with Crippen molar-refractivity contribution in [2.24, 2.45) is 0 Å². The van der Waals surface area contributed by atoms with Gasteiger partial charge in [0, 0.05) is 5.92 Å². The van der Waals surface area contributed by atoms with Gasteiger partial charge in [-0.3, -0.25) is 8.37 Å². The zero-order valence-corrected chi connectivity index (χ0v) is 14.6. The van der Waals surface area contributed by atoms with Gasteiger partial charge in [0.15, 0.2) is 0 Å². The normalized spacial score (nSPS) is 13.4. The first-order chi connectivity index (χ1) is 10.6. The Hall–Kier alpha value is -1.47. The lowest BCUT2D eigenvalue weighted by Gasteiger charge is -2.17. The van der Waals surface area contributed by atoms with Crippen LogP contribution in [0, 0.1) is 11.3 Å². The zero-order valence-electron chi connectivity index (χ0n) is 12.9. The molecule has 7 nitrogen and oxygen atoms in total. The molecule has 0 heterocycles. The molecule has 23 heavy (non-hydrogen) atoms. The smallest absolute Gasteiger partial charge is 0.264 e. The van der Waals surface area contributed by atoms with E-state index in [1.807, 2.05) is 6.07 Å². The maximum Gasteiger partial charge on any atom is 0.264 e. The number of benzene rings is 1. The average Bonchev–Trinajstić information content (AvgIpc) is 2.44. The summed E-state index contributed by atoms with van der Waals surface area (Å²) in [5.74, 6) is -0.291. The topological polar surface area (TPSA) is 111 Å². The molecule has 128 valence electrons. The summed E-state index contributed by atoms with van der Waals surface area (Å²) in [6.45, 7) is -0.0707. The molecule has 9 heteroatoms. The molecule has 0 saturated heterocycles. The van der Waals surface area contributed by atoms with Crippen LogP contribution in [0.1, 0.15) is 29.9 Å². The van der Waals surface area contributed by atoms with Crippen molar-refractivity contribution in [1.29, 1.82) is 5.26 Å². The zero-order chi connectivity index (χ0) is 17.5. The summed E-state index contributed by atoms with van der Waals surface area (Å²) < 4.78 is 53.7. The first-order valence-corrected chi connectivity index (χ1v) is 10.4. The highest BCUT2D eigenvalue weighted by Gasteiger charge is 2.16. The van der Waals surface area contributed by atoms with Gasteiger partial charge < -0.3 is 0 Å². The van der Waals surface area contributed by atoms with E-state index in [1.54, 1.807) is 24.3 Å². The van der Waals surface area contributed by atoms with Crippen molar-refractivity contribution < 1.29 is 25.2 Å². The maximum absolute atomic E-state index is 11.2. The van der Waals surface area contributed by atoms with Crippen LogP contribution in [-0.4, -0.2) is 42.6 Å². The Morgan fingerprint density at radius 2 is 1.78 bits per heavy atom. The van der Waals surface area contributed by atoms with Crippen LogP contribution in [0.25, 0.3) is 0 Å². The second-order valence-electron chi connectivity index (χ2n) is 5.09. The van der Waals surface area contributed by atoms with E-state index in [2.05, 4.69) is 4.18 Å². The van der Waals surface area contributed by atoms with Crippen LogP contribution < -0.4 is 0 Å². The van der Waals surface area contributed by atoms with E-state index in [9.17, 15) is 16.8 Å². The molecule has 0 saturated carbocycles. The number of nitriles is 1. The predicted molar refractivity (Wildman–Crippen MR) is 84.7 cm³/mol. The summed E-state index contributed by atoms with van der Waals surface area (Å²) in [7, 11) is -7.09. The van der Waals surface area contributed by atoms with Crippen molar-refractivity contribution in [2.75, 3.05) is 25.7 Å². The minimum Gasteiger partial charge on any atom is -0.270 e. The van der Waals surface area contributed by atoms with Crippen LogP contribution in [-0.2, 0) is 28.6 Å². The summed E-state index contributed by atoms with van der Waals surface area (Å²) in [6, 6.07) is 8.80. The molecule has 0 fully saturated rings. The van der Waals surface area contributed by atoms with E-state index in [-0.39, 0.29) is 19.1 Å². The summed E-state index contributed by atoms with van der Waals surface area (Å²) >= 11 is 0. The SMILES string of the molecule is CS(=O)(=O)OCCCC(COS(C)(=O)=O)c1cccc(C#N)c1. The minimum absolute atomic E-state index is 0.00610. The Bertz CT molecular complexity index is 765. The Labute approximate surface area is 137 Å². The molecule has 1 atom stereocenters. The van der Waals surface area contributed by atoms with Gasteiger partial charge >= 0.3 is 0 Å². The Balaban J connectivity index is 2.78. The highest BCUT2D eigenvalue weighted by Crippen LogP contribution is 2.23. The van der Waals surface area contributed by atoms with Crippen molar-refractivity contribution in [3.05, 3.63) is 35.4 Å². The molecule has 1 aromatic rings. The molecular weight excluding hydrogens is 342 g/mol. The first-order valence-electron chi connectivity index (χ1n) is 6.79. The summed E-state index contributed by atoms with van der Waals surface area (Å²) in [5, 5.41) is 8.94. The predicted octanol–water partition coefficient (Wildman–Crippen LogP) is 1.37. The fourth-order valence-electron chi connectivity index (χ4n) is 1.95. The van der Waals surface area contributed by atoms with E-state index >= 15 is 0 Å². The molecule has 0 amide bonds. The molecule has 0 spiro atoms. The van der Waals surface area contributed by atoms with Crippen LogP contribution in [0.15, 0.2) is 24.3 Å². The second-order valence-corrected chi connectivity index (χ2v) is 8.38. The molecule has 1 aromatic carbocycles. The van der Waals surface area contributed by atoms with Crippen LogP contribution in [0.3, 0.4) is 0 Å². The van der Waals surface area contributed by atoms with E-state index in [0.29, 0.717) is 18.4 Å². The van der Waals surface area contributed by atoms with Gasteiger partial charge in [-0.1, -0.05) is 12.1 Å². The first kappa shape index (κ1) is 19.6. The molecule has 0 aliphatic carbocycles. The Morgan fingerprint density at radius 1 is 1.13 bits per heavy atom. The fraction of sp³-hybridized carbons (Fsp3) is 0.500.